The number of aromatic nitrogens is 2. The molecule has 0 bridgehead atoms. The second-order valence-corrected chi connectivity index (χ2v) is 4.95. The van der Waals surface area contributed by atoms with Gasteiger partial charge in [0.05, 0.1) is 23.3 Å². The van der Waals surface area contributed by atoms with Gasteiger partial charge in [-0.3, -0.25) is 4.68 Å². The van der Waals surface area contributed by atoms with E-state index >= 15 is 0 Å². The van der Waals surface area contributed by atoms with E-state index in [1.165, 1.54) is 15.5 Å². The summed E-state index contributed by atoms with van der Waals surface area (Å²) in [5, 5.41) is 4.40. The summed E-state index contributed by atoms with van der Waals surface area (Å²) in [5.41, 5.74) is 1.19. The molecule has 3 heteroatoms. The lowest BCUT2D eigenvalue weighted by Crippen LogP contribution is -2.02. The van der Waals surface area contributed by atoms with Crippen LogP contribution in [0.2, 0.25) is 0 Å². The summed E-state index contributed by atoms with van der Waals surface area (Å²) in [7, 11) is 0. The Balaban J connectivity index is 2.27. The third kappa shape index (κ3) is 2.93. The standard InChI is InChI=1S/C15H16N2S/c1-3-8-14-15(12-16-17(14)11-4-2)18-13-9-6-5-7-10-13/h3-7,9-10,12H,1-2,8,11H2. The second-order valence-electron chi connectivity index (χ2n) is 3.83. The van der Waals surface area contributed by atoms with Gasteiger partial charge in [0, 0.05) is 11.3 Å². The van der Waals surface area contributed by atoms with Gasteiger partial charge in [0.1, 0.15) is 0 Å². The molecule has 18 heavy (non-hydrogen) atoms. The van der Waals surface area contributed by atoms with Crippen LogP contribution in [-0.4, -0.2) is 9.78 Å². The van der Waals surface area contributed by atoms with Gasteiger partial charge < -0.3 is 0 Å². The highest BCUT2D eigenvalue weighted by Gasteiger charge is 2.09. The van der Waals surface area contributed by atoms with Crippen LogP contribution in [0.3, 0.4) is 0 Å². The van der Waals surface area contributed by atoms with Crippen LogP contribution < -0.4 is 0 Å². The summed E-state index contributed by atoms with van der Waals surface area (Å²) in [5.74, 6) is 0. The van der Waals surface area contributed by atoms with Crippen molar-refractivity contribution in [3.8, 4) is 0 Å². The number of benzene rings is 1. The van der Waals surface area contributed by atoms with Crippen molar-refractivity contribution in [1.82, 2.24) is 9.78 Å². The maximum Gasteiger partial charge on any atom is 0.0632 e. The molecule has 0 saturated carbocycles. The van der Waals surface area contributed by atoms with Gasteiger partial charge in [0.2, 0.25) is 0 Å². The van der Waals surface area contributed by atoms with E-state index in [0.29, 0.717) is 0 Å². The van der Waals surface area contributed by atoms with Crippen LogP contribution in [0.1, 0.15) is 5.69 Å². The summed E-state index contributed by atoms with van der Waals surface area (Å²) in [4.78, 5) is 2.41. The molecule has 1 aromatic carbocycles. The molecule has 0 N–H and O–H groups in total. The van der Waals surface area contributed by atoms with Crippen LogP contribution in [0.4, 0.5) is 0 Å². The minimum Gasteiger partial charge on any atom is -0.264 e. The fraction of sp³-hybridized carbons (Fsp3) is 0.133. The maximum atomic E-state index is 4.40. The predicted octanol–water partition coefficient (Wildman–Crippen LogP) is 3.95. The van der Waals surface area contributed by atoms with E-state index < -0.39 is 0 Å². The summed E-state index contributed by atoms with van der Waals surface area (Å²) < 4.78 is 1.97. The minimum atomic E-state index is 0.735. The lowest BCUT2D eigenvalue weighted by atomic mass is 10.3. The lowest BCUT2D eigenvalue weighted by Gasteiger charge is -2.05. The normalized spacial score (nSPS) is 10.2. The molecule has 1 aromatic heterocycles. The molecule has 0 unspecified atom stereocenters. The maximum absolute atomic E-state index is 4.40. The van der Waals surface area contributed by atoms with E-state index in [4.69, 9.17) is 0 Å². The number of allylic oxidation sites excluding steroid dienone is 2. The average Bonchev–Trinajstić information content (AvgIpc) is 2.75. The number of hydrogen-bond acceptors (Lipinski definition) is 2. The van der Waals surface area contributed by atoms with E-state index in [2.05, 4.69) is 30.4 Å². The Bertz CT molecular complexity index is 529. The molecule has 0 aliphatic rings. The predicted molar refractivity (Wildman–Crippen MR) is 76.9 cm³/mol. The van der Waals surface area contributed by atoms with E-state index in [0.717, 1.165) is 13.0 Å². The zero-order valence-electron chi connectivity index (χ0n) is 10.2. The first-order valence-corrected chi connectivity index (χ1v) is 6.66. The van der Waals surface area contributed by atoms with Crippen LogP contribution in [0, 0.1) is 0 Å². The molecule has 0 atom stereocenters. The SMILES string of the molecule is C=CCc1c(Sc2ccccc2)cnn1CC=C. The molecule has 0 spiro atoms. The van der Waals surface area contributed by atoms with Crippen molar-refractivity contribution in [3.05, 3.63) is 67.5 Å². The number of hydrogen-bond donors (Lipinski definition) is 0. The topological polar surface area (TPSA) is 17.8 Å². The number of nitrogens with zero attached hydrogens (tertiary/aromatic N) is 2. The Morgan fingerprint density at radius 3 is 2.61 bits per heavy atom. The van der Waals surface area contributed by atoms with Gasteiger partial charge in [-0.25, -0.2) is 0 Å². The zero-order valence-corrected chi connectivity index (χ0v) is 11.1. The molecule has 0 amide bonds. The molecule has 92 valence electrons. The Kier molecular flexibility index (Phi) is 4.42. The van der Waals surface area contributed by atoms with Crippen LogP contribution in [0.5, 0.6) is 0 Å². The van der Waals surface area contributed by atoms with Crippen molar-refractivity contribution in [2.24, 2.45) is 0 Å². The van der Waals surface area contributed by atoms with Crippen LogP contribution in [0.15, 0.2) is 71.6 Å². The average molecular weight is 256 g/mol. The van der Waals surface area contributed by atoms with Gasteiger partial charge in [-0.05, 0) is 12.1 Å². The number of rotatable bonds is 6. The molecule has 1 heterocycles. The van der Waals surface area contributed by atoms with Gasteiger partial charge in [0.25, 0.3) is 0 Å². The Morgan fingerprint density at radius 2 is 1.94 bits per heavy atom. The molecule has 2 rings (SSSR count). The van der Waals surface area contributed by atoms with Crippen molar-refractivity contribution in [3.63, 3.8) is 0 Å². The van der Waals surface area contributed by atoms with Crippen molar-refractivity contribution in [2.45, 2.75) is 22.8 Å². The second kappa shape index (κ2) is 6.26. The van der Waals surface area contributed by atoms with E-state index in [9.17, 15) is 0 Å². The quantitative estimate of drug-likeness (QED) is 0.728. The van der Waals surface area contributed by atoms with E-state index in [-0.39, 0.29) is 0 Å². The van der Waals surface area contributed by atoms with Crippen molar-refractivity contribution < 1.29 is 0 Å². The Labute approximate surface area is 112 Å². The molecule has 0 aliphatic heterocycles. The minimum absolute atomic E-state index is 0.735. The van der Waals surface area contributed by atoms with Crippen LogP contribution in [0.25, 0.3) is 0 Å². The zero-order chi connectivity index (χ0) is 12.8. The third-order valence-electron chi connectivity index (χ3n) is 2.52. The van der Waals surface area contributed by atoms with Gasteiger partial charge in [-0.15, -0.1) is 13.2 Å². The highest BCUT2D eigenvalue weighted by Crippen LogP contribution is 2.30. The molecule has 2 nitrogen and oxygen atoms in total. The smallest absolute Gasteiger partial charge is 0.0632 e. The fourth-order valence-electron chi connectivity index (χ4n) is 1.72. The van der Waals surface area contributed by atoms with Crippen LogP contribution in [-0.2, 0) is 13.0 Å². The monoisotopic (exact) mass is 256 g/mol. The molecular formula is C15H16N2S. The molecule has 2 aromatic rings. The van der Waals surface area contributed by atoms with Gasteiger partial charge in [-0.1, -0.05) is 42.1 Å². The van der Waals surface area contributed by atoms with Crippen LogP contribution >= 0.6 is 11.8 Å². The van der Waals surface area contributed by atoms with Gasteiger partial charge in [-0.2, -0.15) is 5.10 Å². The molecule has 0 radical (unpaired) electrons. The first-order chi connectivity index (χ1) is 8.85. The van der Waals surface area contributed by atoms with Crippen molar-refractivity contribution in [2.75, 3.05) is 0 Å². The fourth-order valence-corrected chi connectivity index (χ4v) is 2.67. The molecule has 0 fully saturated rings. The Hall–Kier alpha value is -1.74. The highest BCUT2D eigenvalue weighted by molar-refractivity contribution is 7.99. The lowest BCUT2D eigenvalue weighted by molar-refractivity contribution is 0.667. The largest absolute Gasteiger partial charge is 0.264 e. The van der Waals surface area contributed by atoms with Gasteiger partial charge >= 0.3 is 0 Å². The summed E-state index contributed by atoms with van der Waals surface area (Å²) in [6, 6.07) is 10.3. The molecular weight excluding hydrogens is 240 g/mol. The summed E-state index contributed by atoms with van der Waals surface area (Å²) in [6.07, 6.45) is 6.51. The first-order valence-electron chi connectivity index (χ1n) is 5.84. The third-order valence-corrected chi connectivity index (χ3v) is 3.59. The van der Waals surface area contributed by atoms with E-state index in [1.54, 1.807) is 11.8 Å². The molecule has 0 aliphatic carbocycles. The Morgan fingerprint density at radius 1 is 1.17 bits per heavy atom. The van der Waals surface area contributed by atoms with Crippen molar-refractivity contribution >= 4 is 11.8 Å². The van der Waals surface area contributed by atoms with Crippen molar-refractivity contribution in [1.29, 1.82) is 0 Å². The van der Waals surface area contributed by atoms with Gasteiger partial charge in [0.15, 0.2) is 0 Å². The molecule has 0 saturated heterocycles. The van der Waals surface area contributed by atoms with E-state index in [1.807, 2.05) is 41.2 Å². The highest BCUT2D eigenvalue weighted by atomic mass is 32.2. The first kappa shape index (κ1) is 12.7. The summed E-state index contributed by atoms with van der Waals surface area (Å²) in [6.45, 7) is 8.30. The summed E-state index contributed by atoms with van der Waals surface area (Å²) >= 11 is 1.74.